The molecule has 0 saturated carbocycles. The Morgan fingerprint density at radius 2 is 2.08 bits per heavy atom. The molecule has 0 radical (unpaired) electrons. The van der Waals surface area contributed by atoms with Crippen molar-refractivity contribution >= 4 is 28.7 Å². The molecule has 134 valence electrons. The summed E-state index contributed by atoms with van der Waals surface area (Å²) in [5.74, 6) is 0.914. The maximum atomic E-state index is 12.2. The van der Waals surface area contributed by atoms with Crippen molar-refractivity contribution in [2.75, 3.05) is 43.0 Å². The van der Waals surface area contributed by atoms with Gasteiger partial charge in [-0.25, -0.2) is 9.78 Å². The van der Waals surface area contributed by atoms with Crippen LogP contribution in [0.25, 0.3) is 11.0 Å². The molecule has 4 heterocycles. The average Bonchev–Trinajstić information content (AvgIpc) is 3.41. The summed E-state index contributed by atoms with van der Waals surface area (Å²) in [5, 5.41) is 4.52. The molecule has 1 atom stereocenters. The first-order valence-electron chi connectivity index (χ1n) is 8.95. The van der Waals surface area contributed by atoms with E-state index in [1.807, 2.05) is 42.2 Å². The van der Waals surface area contributed by atoms with Gasteiger partial charge in [-0.1, -0.05) is 12.1 Å². The van der Waals surface area contributed by atoms with Crippen molar-refractivity contribution in [1.29, 1.82) is 0 Å². The molecule has 2 fully saturated rings. The molecule has 0 spiro atoms. The summed E-state index contributed by atoms with van der Waals surface area (Å²) in [7, 11) is 1.83. The van der Waals surface area contributed by atoms with Gasteiger partial charge in [0.15, 0.2) is 0 Å². The van der Waals surface area contributed by atoms with Crippen molar-refractivity contribution in [2.24, 2.45) is 0 Å². The highest BCUT2D eigenvalue weighted by Crippen LogP contribution is 2.28. The van der Waals surface area contributed by atoms with E-state index in [9.17, 15) is 4.79 Å². The highest BCUT2D eigenvalue weighted by Gasteiger charge is 2.30. The zero-order valence-electron chi connectivity index (χ0n) is 14.7. The zero-order valence-corrected chi connectivity index (χ0v) is 14.7. The van der Waals surface area contributed by atoms with Crippen molar-refractivity contribution in [2.45, 2.75) is 12.5 Å². The highest BCUT2D eigenvalue weighted by molar-refractivity contribution is 5.93. The maximum absolute atomic E-state index is 12.2. The summed E-state index contributed by atoms with van der Waals surface area (Å²) >= 11 is 0. The first-order valence-corrected chi connectivity index (χ1v) is 8.95. The molecule has 3 aromatic rings. The van der Waals surface area contributed by atoms with Gasteiger partial charge in [-0.2, -0.15) is 5.10 Å². The predicted octanol–water partition coefficient (Wildman–Crippen LogP) is 2.08. The van der Waals surface area contributed by atoms with Crippen LogP contribution in [0, 0.1) is 0 Å². The van der Waals surface area contributed by atoms with Gasteiger partial charge in [0.2, 0.25) is 5.95 Å². The largest absolute Gasteiger partial charge is 0.340 e. The second kappa shape index (κ2) is 5.76. The van der Waals surface area contributed by atoms with Gasteiger partial charge in [0, 0.05) is 39.4 Å². The first-order chi connectivity index (χ1) is 12.7. The maximum Gasteiger partial charge on any atom is 0.324 e. The number of carbonyl (C=O) groups is 1. The Morgan fingerprint density at radius 1 is 1.19 bits per heavy atom. The number of aromatic nitrogens is 4. The second-order valence-corrected chi connectivity index (χ2v) is 7.00. The number of rotatable bonds is 3. The minimum Gasteiger partial charge on any atom is -0.340 e. The number of para-hydroxylation sites is 2. The lowest BCUT2D eigenvalue weighted by Gasteiger charge is -2.15. The molecule has 1 aromatic carbocycles. The second-order valence-electron chi connectivity index (χ2n) is 7.00. The Bertz CT molecular complexity index is 928. The number of aromatic amines is 1. The van der Waals surface area contributed by atoms with E-state index in [1.54, 1.807) is 16.0 Å². The fourth-order valence-electron chi connectivity index (χ4n) is 3.79. The number of carbonyl (C=O) groups excluding carboxylic acids is 1. The normalized spacial score (nSPS) is 20.7. The number of urea groups is 1. The minimum absolute atomic E-state index is 0.0416. The fourth-order valence-corrected chi connectivity index (χ4v) is 3.79. The SMILES string of the molecule is CN1CCN(c2cnn(C3CCN(c4nc5ccccc5[nH]4)C3)c2)C1=O. The standard InChI is InChI=1S/C18H21N7O/c1-22-8-9-24(18(22)26)14-10-19-25(12-14)13-6-7-23(11-13)17-20-15-4-2-3-5-16(15)21-17/h2-5,10,12-13H,6-9,11H2,1H3,(H,20,21). The first kappa shape index (κ1) is 15.2. The monoisotopic (exact) mass is 351 g/mol. The average molecular weight is 351 g/mol. The van der Waals surface area contributed by atoms with E-state index in [0.29, 0.717) is 0 Å². The molecule has 2 aliphatic heterocycles. The van der Waals surface area contributed by atoms with Gasteiger partial charge in [-0.05, 0) is 18.6 Å². The Hall–Kier alpha value is -3.03. The molecule has 1 unspecified atom stereocenters. The number of benzene rings is 1. The molecular weight excluding hydrogens is 330 g/mol. The van der Waals surface area contributed by atoms with E-state index in [-0.39, 0.29) is 12.1 Å². The molecule has 2 amide bonds. The summed E-state index contributed by atoms with van der Waals surface area (Å²) in [5.41, 5.74) is 2.93. The van der Waals surface area contributed by atoms with Crippen LogP contribution in [-0.2, 0) is 0 Å². The van der Waals surface area contributed by atoms with E-state index in [4.69, 9.17) is 4.98 Å². The fraction of sp³-hybridized carbons (Fsp3) is 0.389. The molecule has 5 rings (SSSR count). The number of nitrogens with zero attached hydrogens (tertiary/aromatic N) is 6. The smallest absolute Gasteiger partial charge is 0.324 e. The van der Waals surface area contributed by atoms with E-state index in [1.165, 1.54) is 0 Å². The van der Waals surface area contributed by atoms with Crippen molar-refractivity contribution in [3.63, 3.8) is 0 Å². The van der Waals surface area contributed by atoms with Crippen molar-refractivity contribution in [3.8, 4) is 0 Å². The van der Waals surface area contributed by atoms with Crippen LogP contribution in [0.15, 0.2) is 36.7 Å². The Kier molecular flexibility index (Phi) is 3.37. The van der Waals surface area contributed by atoms with Crippen LogP contribution >= 0.6 is 0 Å². The number of anilines is 2. The minimum atomic E-state index is 0.0416. The highest BCUT2D eigenvalue weighted by atomic mass is 16.2. The summed E-state index contributed by atoms with van der Waals surface area (Å²) in [6.07, 6.45) is 4.79. The van der Waals surface area contributed by atoms with Gasteiger partial charge in [0.05, 0.1) is 29.0 Å². The van der Waals surface area contributed by atoms with Crippen LogP contribution in [0.3, 0.4) is 0 Å². The number of H-pyrrole nitrogens is 1. The lowest BCUT2D eigenvalue weighted by molar-refractivity contribution is 0.229. The number of fused-ring (bicyclic) bond motifs is 1. The molecule has 2 saturated heterocycles. The van der Waals surface area contributed by atoms with E-state index in [2.05, 4.69) is 15.0 Å². The topological polar surface area (TPSA) is 73.3 Å². The molecular formula is C18H21N7O. The summed E-state index contributed by atoms with van der Waals surface area (Å²) in [6, 6.07) is 8.41. The number of amides is 2. The summed E-state index contributed by atoms with van der Waals surface area (Å²) in [4.78, 5) is 26.0. The molecule has 26 heavy (non-hydrogen) atoms. The molecule has 1 N–H and O–H groups in total. The molecule has 8 nitrogen and oxygen atoms in total. The van der Waals surface area contributed by atoms with E-state index < -0.39 is 0 Å². The third kappa shape index (κ3) is 2.40. The lowest BCUT2D eigenvalue weighted by Crippen LogP contribution is -2.28. The van der Waals surface area contributed by atoms with Crippen LogP contribution in [0.5, 0.6) is 0 Å². The van der Waals surface area contributed by atoms with Gasteiger partial charge in [-0.15, -0.1) is 0 Å². The number of hydrogen-bond acceptors (Lipinski definition) is 4. The molecule has 8 heteroatoms. The van der Waals surface area contributed by atoms with Crippen molar-refractivity contribution < 1.29 is 4.79 Å². The van der Waals surface area contributed by atoms with Crippen molar-refractivity contribution in [3.05, 3.63) is 36.7 Å². The van der Waals surface area contributed by atoms with E-state index in [0.717, 1.165) is 55.3 Å². The third-order valence-corrected chi connectivity index (χ3v) is 5.33. The molecule has 0 bridgehead atoms. The number of hydrogen-bond donors (Lipinski definition) is 1. The summed E-state index contributed by atoms with van der Waals surface area (Å²) < 4.78 is 1.99. The summed E-state index contributed by atoms with van der Waals surface area (Å²) in [6.45, 7) is 3.27. The van der Waals surface area contributed by atoms with Crippen LogP contribution in [0.1, 0.15) is 12.5 Å². The molecule has 2 aromatic heterocycles. The van der Waals surface area contributed by atoms with Gasteiger partial charge >= 0.3 is 6.03 Å². The lowest BCUT2D eigenvalue weighted by atomic mass is 10.3. The predicted molar refractivity (Wildman–Crippen MR) is 99.6 cm³/mol. The Morgan fingerprint density at radius 3 is 2.88 bits per heavy atom. The van der Waals surface area contributed by atoms with Crippen LogP contribution in [0.2, 0.25) is 0 Å². The van der Waals surface area contributed by atoms with Crippen LogP contribution < -0.4 is 9.80 Å². The van der Waals surface area contributed by atoms with Gasteiger partial charge in [-0.3, -0.25) is 9.58 Å². The number of likely N-dealkylation sites (N-methyl/N-ethyl adjacent to an activating group) is 1. The van der Waals surface area contributed by atoms with Gasteiger partial charge < -0.3 is 14.8 Å². The number of imidazole rings is 1. The quantitative estimate of drug-likeness (QED) is 0.784. The zero-order chi connectivity index (χ0) is 17.7. The van der Waals surface area contributed by atoms with E-state index >= 15 is 0 Å². The van der Waals surface area contributed by atoms with Gasteiger partial charge in [0.1, 0.15) is 0 Å². The number of nitrogens with one attached hydrogen (secondary N) is 1. The molecule has 2 aliphatic rings. The van der Waals surface area contributed by atoms with Crippen LogP contribution in [-0.4, -0.2) is 63.9 Å². The van der Waals surface area contributed by atoms with Crippen LogP contribution in [0.4, 0.5) is 16.4 Å². The Balaban J connectivity index is 1.32. The Labute approximate surface area is 151 Å². The third-order valence-electron chi connectivity index (χ3n) is 5.33. The van der Waals surface area contributed by atoms with Gasteiger partial charge in [0.25, 0.3) is 0 Å². The van der Waals surface area contributed by atoms with Crippen molar-refractivity contribution in [1.82, 2.24) is 24.6 Å². The molecule has 0 aliphatic carbocycles.